The Labute approximate surface area is 89.6 Å². The summed E-state index contributed by atoms with van der Waals surface area (Å²) in [4.78, 5) is 0. The molecule has 0 radical (unpaired) electrons. The molecular formula is C10H18N4O. The van der Waals surface area contributed by atoms with Crippen LogP contribution in [0.15, 0.2) is 4.42 Å². The largest absolute Gasteiger partial charge is 0.407 e. The molecule has 1 aliphatic rings. The van der Waals surface area contributed by atoms with Crippen LogP contribution >= 0.6 is 0 Å². The summed E-state index contributed by atoms with van der Waals surface area (Å²) in [5, 5.41) is 14.1. The van der Waals surface area contributed by atoms with Gasteiger partial charge in [0.15, 0.2) is 0 Å². The number of hydrogen-bond acceptors (Lipinski definition) is 5. The second kappa shape index (κ2) is 4.61. The van der Waals surface area contributed by atoms with Gasteiger partial charge in [-0.05, 0) is 32.7 Å². The van der Waals surface area contributed by atoms with E-state index in [1.807, 2.05) is 7.05 Å². The number of anilines is 1. The van der Waals surface area contributed by atoms with Crippen LogP contribution in [0, 0.1) is 5.92 Å². The third-order valence-electron chi connectivity index (χ3n) is 3.00. The predicted molar refractivity (Wildman–Crippen MR) is 57.5 cm³/mol. The van der Waals surface area contributed by atoms with E-state index in [4.69, 9.17) is 4.42 Å². The number of hydrogen-bond donors (Lipinski definition) is 2. The number of nitrogens with one attached hydrogen (secondary N) is 2. The van der Waals surface area contributed by atoms with Crippen LogP contribution in [0.1, 0.15) is 32.1 Å². The maximum atomic E-state index is 5.42. The van der Waals surface area contributed by atoms with E-state index in [0.29, 0.717) is 24.5 Å². The zero-order valence-corrected chi connectivity index (χ0v) is 9.29. The Kier molecular flexibility index (Phi) is 3.20. The van der Waals surface area contributed by atoms with Crippen molar-refractivity contribution in [3.63, 3.8) is 0 Å². The molecule has 2 rings (SSSR count). The highest BCUT2D eigenvalue weighted by atomic mass is 16.4. The molecule has 0 saturated heterocycles. The van der Waals surface area contributed by atoms with Gasteiger partial charge in [-0.2, -0.15) is 0 Å². The second-order valence-electron chi connectivity index (χ2n) is 4.16. The van der Waals surface area contributed by atoms with Gasteiger partial charge in [-0.3, -0.25) is 0 Å². The average Bonchev–Trinajstić information content (AvgIpc) is 2.49. The van der Waals surface area contributed by atoms with Crippen LogP contribution in [0.5, 0.6) is 0 Å². The van der Waals surface area contributed by atoms with Gasteiger partial charge in [0.2, 0.25) is 5.89 Å². The van der Waals surface area contributed by atoms with Crippen molar-refractivity contribution in [1.82, 2.24) is 15.5 Å². The summed E-state index contributed by atoms with van der Waals surface area (Å²) in [6, 6.07) is 0.973. The molecule has 84 valence electrons. The van der Waals surface area contributed by atoms with Crippen molar-refractivity contribution in [2.75, 3.05) is 12.4 Å². The Morgan fingerprint density at radius 3 is 2.87 bits per heavy atom. The lowest BCUT2D eigenvalue weighted by atomic mass is 9.80. The minimum atomic E-state index is 0.432. The summed E-state index contributed by atoms with van der Waals surface area (Å²) in [5.41, 5.74) is 0. The van der Waals surface area contributed by atoms with E-state index in [9.17, 15) is 0 Å². The van der Waals surface area contributed by atoms with Gasteiger partial charge in [-0.1, -0.05) is 11.5 Å². The molecule has 1 atom stereocenters. The molecule has 0 spiro atoms. The summed E-state index contributed by atoms with van der Waals surface area (Å²) in [7, 11) is 1.86. The molecule has 0 bridgehead atoms. The molecule has 1 saturated carbocycles. The molecule has 2 N–H and O–H groups in total. The van der Waals surface area contributed by atoms with Crippen molar-refractivity contribution in [3.05, 3.63) is 5.89 Å². The van der Waals surface area contributed by atoms with Crippen LogP contribution in [-0.4, -0.2) is 23.3 Å². The predicted octanol–water partition coefficient (Wildman–Crippen LogP) is 1.39. The van der Waals surface area contributed by atoms with Crippen LogP contribution in [-0.2, 0) is 6.54 Å². The first-order valence-electron chi connectivity index (χ1n) is 5.53. The van der Waals surface area contributed by atoms with Crippen LogP contribution in [0.4, 0.5) is 6.01 Å². The monoisotopic (exact) mass is 210 g/mol. The number of aromatic nitrogens is 2. The molecule has 0 amide bonds. The Balaban J connectivity index is 1.86. The molecule has 15 heavy (non-hydrogen) atoms. The maximum Gasteiger partial charge on any atom is 0.315 e. The molecular weight excluding hydrogens is 192 g/mol. The minimum Gasteiger partial charge on any atom is -0.407 e. The Morgan fingerprint density at radius 1 is 1.47 bits per heavy atom. The standard InChI is InChI=1S/C10H18N4O/c1-7(8-4-3-5-8)12-10-14-13-9(15-10)6-11-2/h7-8,11H,3-6H2,1-2H3,(H,12,14). The van der Waals surface area contributed by atoms with Gasteiger partial charge in [-0.15, -0.1) is 5.10 Å². The average molecular weight is 210 g/mol. The lowest BCUT2D eigenvalue weighted by Gasteiger charge is -2.31. The van der Waals surface area contributed by atoms with Gasteiger partial charge < -0.3 is 15.1 Å². The topological polar surface area (TPSA) is 63.0 Å². The highest BCUT2D eigenvalue weighted by molar-refractivity contribution is 5.19. The Hall–Kier alpha value is -1.10. The third-order valence-corrected chi connectivity index (χ3v) is 3.00. The quantitative estimate of drug-likeness (QED) is 0.769. The van der Waals surface area contributed by atoms with Crippen LogP contribution in [0.25, 0.3) is 0 Å². The van der Waals surface area contributed by atoms with Crippen LogP contribution < -0.4 is 10.6 Å². The van der Waals surface area contributed by atoms with Crippen molar-refractivity contribution in [3.8, 4) is 0 Å². The third kappa shape index (κ3) is 2.47. The van der Waals surface area contributed by atoms with Gasteiger partial charge in [-0.25, -0.2) is 0 Å². The molecule has 1 fully saturated rings. The van der Waals surface area contributed by atoms with Gasteiger partial charge in [0.25, 0.3) is 0 Å². The molecule has 1 heterocycles. The van der Waals surface area contributed by atoms with Crippen LogP contribution in [0.3, 0.4) is 0 Å². The number of nitrogens with zero attached hydrogens (tertiary/aromatic N) is 2. The summed E-state index contributed by atoms with van der Waals surface area (Å²) < 4.78 is 5.42. The van der Waals surface area contributed by atoms with Gasteiger partial charge in [0.05, 0.1) is 6.54 Å². The number of rotatable bonds is 5. The summed E-state index contributed by atoms with van der Waals surface area (Å²) in [6.45, 7) is 2.79. The van der Waals surface area contributed by atoms with Gasteiger partial charge in [0.1, 0.15) is 0 Å². The summed E-state index contributed by atoms with van der Waals surface area (Å²) in [5.74, 6) is 1.39. The molecule has 5 heteroatoms. The molecule has 0 aliphatic heterocycles. The molecule has 5 nitrogen and oxygen atoms in total. The van der Waals surface area contributed by atoms with Gasteiger partial charge in [0, 0.05) is 6.04 Å². The molecule has 1 unspecified atom stereocenters. The van der Waals surface area contributed by atoms with E-state index >= 15 is 0 Å². The van der Waals surface area contributed by atoms with E-state index in [1.165, 1.54) is 19.3 Å². The smallest absolute Gasteiger partial charge is 0.315 e. The Morgan fingerprint density at radius 2 is 2.27 bits per heavy atom. The Bertz CT molecular complexity index is 308. The van der Waals surface area contributed by atoms with Crippen molar-refractivity contribution in [2.45, 2.75) is 38.8 Å². The van der Waals surface area contributed by atoms with Crippen molar-refractivity contribution in [2.24, 2.45) is 5.92 Å². The fourth-order valence-corrected chi connectivity index (χ4v) is 1.79. The lowest BCUT2D eigenvalue weighted by molar-refractivity contribution is 0.281. The SMILES string of the molecule is CNCc1nnc(NC(C)C2CCC2)o1. The van der Waals surface area contributed by atoms with Crippen LogP contribution in [0.2, 0.25) is 0 Å². The first-order valence-corrected chi connectivity index (χ1v) is 5.53. The van der Waals surface area contributed by atoms with E-state index < -0.39 is 0 Å². The van der Waals surface area contributed by atoms with Crippen molar-refractivity contribution < 1.29 is 4.42 Å². The zero-order valence-electron chi connectivity index (χ0n) is 9.29. The molecule has 1 aliphatic carbocycles. The lowest BCUT2D eigenvalue weighted by Crippen LogP contribution is -2.30. The highest BCUT2D eigenvalue weighted by Gasteiger charge is 2.24. The zero-order chi connectivity index (χ0) is 10.7. The summed E-state index contributed by atoms with van der Waals surface area (Å²) in [6.07, 6.45) is 3.98. The molecule has 1 aromatic heterocycles. The minimum absolute atomic E-state index is 0.432. The molecule has 0 aromatic carbocycles. The van der Waals surface area contributed by atoms with E-state index in [1.54, 1.807) is 0 Å². The normalized spacial score (nSPS) is 18.5. The van der Waals surface area contributed by atoms with E-state index in [2.05, 4.69) is 27.8 Å². The van der Waals surface area contributed by atoms with Gasteiger partial charge >= 0.3 is 6.01 Å². The van der Waals surface area contributed by atoms with E-state index in [0.717, 1.165) is 5.92 Å². The summed E-state index contributed by atoms with van der Waals surface area (Å²) >= 11 is 0. The maximum absolute atomic E-state index is 5.42. The highest BCUT2D eigenvalue weighted by Crippen LogP contribution is 2.30. The molecule has 1 aromatic rings. The fraction of sp³-hybridized carbons (Fsp3) is 0.800. The van der Waals surface area contributed by atoms with Crippen molar-refractivity contribution >= 4 is 6.01 Å². The fourth-order valence-electron chi connectivity index (χ4n) is 1.79. The first kappa shape index (κ1) is 10.4. The van der Waals surface area contributed by atoms with E-state index in [-0.39, 0.29) is 0 Å². The first-order chi connectivity index (χ1) is 7.29. The van der Waals surface area contributed by atoms with Crippen molar-refractivity contribution in [1.29, 1.82) is 0 Å². The second-order valence-corrected chi connectivity index (χ2v) is 4.16.